The lowest BCUT2D eigenvalue weighted by Crippen LogP contribution is -1.93. The molecule has 0 atom stereocenters. The molecule has 0 aliphatic heterocycles. The van der Waals surface area contributed by atoms with E-state index in [4.69, 9.17) is 8.83 Å². The summed E-state index contributed by atoms with van der Waals surface area (Å²) < 4.78 is 11.9. The summed E-state index contributed by atoms with van der Waals surface area (Å²) in [6.45, 7) is 4.27. The molecule has 0 amide bonds. The summed E-state index contributed by atoms with van der Waals surface area (Å²) in [5.74, 6) is 1.73. The van der Waals surface area contributed by atoms with Crippen LogP contribution in [0.3, 0.4) is 0 Å². The van der Waals surface area contributed by atoms with Crippen molar-refractivity contribution in [3.05, 3.63) is 72.6 Å². The van der Waals surface area contributed by atoms with Gasteiger partial charge in [-0.05, 0) is 29.7 Å². The molecule has 0 fully saturated rings. The highest BCUT2D eigenvalue weighted by atomic mass is 16.4. The molecule has 4 nitrogen and oxygen atoms in total. The molecule has 138 valence electrons. The number of aromatic nitrogens is 2. The van der Waals surface area contributed by atoms with Gasteiger partial charge in [0.2, 0.25) is 11.8 Å². The predicted molar refractivity (Wildman–Crippen MR) is 111 cm³/mol. The van der Waals surface area contributed by atoms with Crippen LogP contribution in [0, 0.1) is 5.92 Å². The van der Waals surface area contributed by atoms with Crippen LogP contribution in [-0.2, 0) is 6.42 Å². The summed E-state index contributed by atoms with van der Waals surface area (Å²) in [6.07, 6.45) is 0.791. The lowest BCUT2D eigenvalue weighted by Gasteiger charge is -2.04. The van der Waals surface area contributed by atoms with Crippen molar-refractivity contribution in [2.75, 3.05) is 0 Å². The third-order valence-electron chi connectivity index (χ3n) is 4.90. The quantitative estimate of drug-likeness (QED) is 0.363. The van der Waals surface area contributed by atoms with Gasteiger partial charge >= 0.3 is 0 Å². The molecule has 5 rings (SSSR count). The summed E-state index contributed by atoms with van der Waals surface area (Å²) in [7, 11) is 0. The van der Waals surface area contributed by atoms with Crippen LogP contribution in [0.4, 0.5) is 0 Å². The van der Waals surface area contributed by atoms with Gasteiger partial charge in [-0.3, -0.25) is 0 Å². The summed E-state index contributed by atoms with van der Waals surface area (Å²) in [6, 6.07) is 22.6. The zero-order valence-corrected chi connectivity index (χ0v) is 15.8. The van der Waals surface area contributed by atoms with Gasteiger partial charge in [0.15, 0.2) is 0 Å². The molecule has 0 N–H and O–H groups in total. The molecule has 0 radical (unpaired) electrons. The molecule has 0 saturated carbocycles. The van der Waals surface area contributed by atoms with Crippen molar-refractivity contribution >= 4 is 21.9 Å². The first-order chi connectivity index (χ1) is 13.7. The third kappa shape index (κ3) is 2.87. The third-order valence-corrected chi connectivity index (χ3v) is 4.90. The number of furan rings is 1. The topological polar surface area (TPSA) is 52.1 Å². The smallest absolute Gasteiger partial charge is 0.247 e. The van der Waals surface area contributed by atoms with Crippen LogP contribution in [0.1, 0.15) is 19.7 Å². The maximum atomic E-state index is 6.15. The molecule has 0 saturated heterocycles. The van der Waals surface area contributed by atoms with E-state index in [9.17, 15) is 0 Å². The van der Waals surface area contributed by atoms with Crippen molar-refractivity contribution in [2.45, 2.75) is 20.3 Å². The molecule has 28 heavy (non-hydrogen) atoms. The van der Waals surface area contributed by atoms with Crippen LogP contribution in [0.25, 0.3) is 44.5 Å². The van der Waals surface area contributed by atoms with E-state index in [0.29, 0.717) is 17.7 Å². The minimum Gasteiger partial charge on any atom is -0.455 e. The maximum Gasteiger partial charge on any atom is 0.247 e. The van der Waals surface area contributed by atoms with Crippen LogP contribution in [0.2, 0.25) is 0 Å². The number of benzene rings is 3. The second kappa shape index (κ2) is 6.64. The Hall–Kier alpha value is -3.40. The standard InChI is InChI=1S/C24H20N2O2/c1-15(2)14-22-25-26-24(28-22)17-12-10-16(11-13-17)18-7-5-8-20-19-6-3-4-9-21(19)27-23(18)20/h3-13,15H,14H2,1-2H3. The fraction of sp³-hybridized carbons (Fsp3) is 0.167. The van der Waals surface area contributed by atoms with E-state index in [0.717, 1.165) is 45.0 Å². The molecule has 0 unspecified atom stereocenters. The minimum atomic E-state index is 0.486. The molecule has 0 aliphatic carbocycles. The Morgan fingerprint density at radius 1 is 0.750 bits per heavy atom. The van der Waals surface area contributed by atoms with Crippen molar-refractivity contribution in [3.8, 4) is 22.6 Å². The van der Waals surface area contributed by atoms with E-state index in [1.54, 1.807) is 0 Å². The molecule has 3 aromatic carbocycles. The Balaban J connectivity index is 1.53. The van der Waals surface area contributed by atoms with Crippen molar-refractivity contribution in [3.63, 3.8) is 0 Å². The van der Waals surface area contributed by atoms with E-state index in [-0.39, 0.29) is 0 Å². The highest BCUT2D eigenvalue weighted by Gasteiger charge is 2.13. The fourth-order valence-corrected chi connectivity index (χ4v) is 3.57. The van der Waals surface area contributed by atoms with Gasteiger partial charge in [0.25, 0.3) is 0 Å². The largest absolute Gasteiger partial charge is 0.455 e. The number of hydrogen-bond donors (Lipinski definition) is 0. The van der Waals surface area contributed by atoms with Gasteiger partial charge in [-0.15, -0.1) is 10.2 Å². The normalized spacial score (nSPS) is 11.7. The Kier molecular flexibility index (Phi) is 3.97. The van der Waals surface area contributed by atoms with Gasteiger partial charge in [-0.2, -0.15) is 0 Å². The van der Waals surface area contributed by atoms with Crippen molar-refractivity contribution in [2.24, 2.45) is 5.92 Å². The molecule has 0 aliphatic rings. The van der Waals surface area contributed by atoms with Crippen LogP contribution in [0.5, 0.6) is 0 Å². The van der Waals surface area contributed by atoms with Gasteiger partial charge < -0.3 is 8.83 Å². The van der Waals surface area contributed by atoms with E-state index < -0.39 is 0 Å². The summed E-state index contributed by atoms with van der Waals surface area (Å²) in [5, 5.41) is 10.6. The van der Waals surface area contributed by atoms with E-state index in [2.05, 4.69) is 60.4 Å². The van der Waals surface area contributed by atoms with Crippen LogP contribution >= 0.6 is 0 Å². The second-order valence-electron chi connectivity index (χ2n) is 7.46. The SMILES string of the molecule is CC(C)Cc1nnc(-c2ccc(-c3cccc4c3oc3ccccc34)cc2)o1. The van der Waals surface area contributed by atoms with Gasteiger partial charge in [0.05, 0.1) is 0 Å². The maximum absolute atomic E-state index is 6.15. The van der Waals surface area contributed by atoms with E-state index >= 15 is 0 Å². The first-order valence-electron chi connectivity index (χ1n) is 9.52. The zero-order valence-electron chi connectivity index (χ0n) is 15.8. The van der Waals surface area contributed by atoms with Gasteiger partial charge in [-0.1, -0.05) is 62.4 Å². The van der Waals surface area contributed by atoms with Gasteiger partial charge in [0.1, 0.15) is 11.2 Å². The first-order valence-corrected chi connectivity index (χ1v) is 9.52. The molecule has 5 aromatic rings. The Labute approximate surface area is 162 Å². The molecule has 0 spiro atoms. The molecule has 2 aromatic heterocycles. The van der Waals surface area contributed by atoms with Crippen LogP contribution in [-0.4, -0.2) is 10.2 Å². The van der Waals surface area contributed by atoms with Crippen LogP contribution in [0.15, 0.2) is 75.6 Å². The lowest BCUT2D eigenvalue weighted by atomic mass is 10.0. The predicted octanol–water partition coefficient (Wildman–Crippen LogP) is 6.50. The number of nitrogens with zero attached hydrogens (tertiary/aromatic N) is 2. The van der Waals surface area contributed by atoms with Crippen LogP contribution < -0.4 is 0 Å². The molecular formula is C24H20N2O2. The number of fused-ring (bicyclic) bond motifs is 3. The van der Waals surface area contributed by atoms with Crippen molar-refractivity contribution < 1.29 is 8.83 Å². The van der Waals surface area contributed by atoms with Gasteiger partial charge in [-0.25, -0.2) is 0 Å². The molecular weight excluding hydrogens is 348 g/mol. The minimum absolute atomic E-state index is 0.486. The highest BCUT2D eigenvalue weighted by Crippen LogP contribution is 2.36. The number of hydrogen-bond acceptors (Lipinski definition) is 4. The lowest BCUT2D eigenvalue weighted by molar-refractivity contribution is 0.466. The summed E-state index contributed by atoms with van der Waals surface area (Å²) in [4.78, 5) is 0. The first kappa shape index (κ1) is 16.8. The molecule has 2 heterocycles. The average Bonchev–Trinajstić information content (AvgIpc) is 3.32. The monoisotopic (exact) mass is 368 g/mol. The summed E-state index contributed by atoms with van der Waals surface area (Å²) >= 11 is 0. The molecule has 0 bridgehead atoms. The second-order valence-corrected chi connectivity index (χ2v) is 7.46. The molecule has 4 heteroatoms. The van der Waals surface area contributed by atoms with Gasteiger partial charge in [0, 0.05) is 28.3 Å². The highest BCUT2D eigenvalue weighted by molar-refractivity contribution is 6.09. The number of rotatable bonds is 4. The Morgan fingerprint density at radius 3 is 2.32 bits per heavy atom. The fourth-order valence-electron chi connectivity index (χ4n) is 3.57. The van der Waals surface area contributed by atoms with Crippen molar-refractivity contribution in [1.82, 2.24) is 10.2 Å². The van der Waals surface area contributed by atoms with E-state index in [1.807, 2.05) is 30.3 Å². The van der Waals surface area contributed by atoms with Crippen molar-refractivity contribution in [1.29, 1.82) is 0 Å². The Bertz CT molecular complexity index is 1260. The number of para-hydroxylation sites is 2. The average molecular weight is 368 g/mol. The summed E-state index contributed by atoms with van der Waals surface area (Å²) in [5.41, 5.74) is 4.91. The zero-order chi connectivity index (χ0) is 19.1. The van der Waals surface area contributed by atoms with E-state index in [1.165, 1.54) is 0 Å². The Morgan fingerprint density at radius 2 is 1.50 bits per heavy atom.